The molecule has 0 fully saturated rings. The molecule has 0 aliphatic carbocycles. The first-order chi connectivity index (χ1) is 9.72. The molecular formula is C15H16N4O. The van der Waals surface area contributed by atoms with Gasteiger partial charge in [-0.3, -0.25) is 4.79 Å². The minimum absolute atomic E-state index is 0.113. The smallest absolute Gasteiger partial charge is 0.247 e. The van der Waals surface area contributed by atoms with Gasteiger partial charge in [0, 0.05) is 30.9 Å². The quantitative estimate of drug-likeness (QED) is 0.761. The summed E-state index contributed by atoms with van der Waals surface area (Å²) >= 11 is 0. The van der Waals surface area contributed by atoms with E-state index >= 15 is 0 Å². The lowest BCUT2D eigenvalue weighted by molar-refractivity contribution is 0.795. The summed E-state index contributed by atoms with van der Waals surface area (Å²) in [5.74, 6) is 0.855. The number of aryl methyl sites for hydroxylation is 1. The fraction of sp³-hybridized carbons (Fsp3) is 0.200. The zero-order valence-corrected chi connectivity index (χ0v) is 11.3. The molecule has 0 unspecified atom stereocenters. The van der Waals surface area contributed by atoms with Crippen LogP contribution in [0, 0.1) is 0 Å². The predicted molar refractivity (Wildman–Crippen MR) is 79.4 cm³/mol. The standard InChI is InChI=1S/C15H16N4O/c1-2-19-13-5-3-10(8-16)7-12(13)18-15(19)11-4-6-14(20)17-9-11/h3-7,9H,2,8,16H2,1H3,(H,17,20). The first-order valence-electron chi connectivity index (χ1n) is 6.61. The summed E-state index contributed by atoms with van der Waals surface area (Å²) in [6.45, 7) is 3.39. The SMILES string of the molecule is CCn1c(-c2ccc(=O)[nH]c2)nc2cc(CN)ccc21. The molecule has 0 aliphatic heterocycles. The molecule has 1 aromatic carbocycles. The molecule has 20 heavy (non-hydrogen) atoms. The molecule has 0 bridgehead atoms. The number of hydrogen-bond acceptors (Lipinski definition) is 3. The molecular weight excluding hydrogens is 252 g/mol. The van der Waals surface area contributed by atoms with E-state index in [4.69, 9.17) is 5.73 Å². The Bertz CT molecular complexity index is 796. The molecule has 3 rings (SSSR count). The molecule has 0 amide bonds. The van der Waals surface area contributed by atoms with Crippen LogP contribution in [0.5, 0.6) is 0 Å². The highest BCUT2D eigenvalue weighted by Crippen LogP contribution is 2.24. The van der Waals surface area contributed by atoms with Gasteiger partial charge in [-0.1, -0.05) is 6.07 Å². The van der Waals surface area contributed by atoms with E-state index in [1.54, 1.807) is 12.3 Å². The Morgan fingerprint density at radius 1 is 1.30 bits per heavy atom. The van der Waals surface area contributed by atoms with Crippen LogP contribution in [0.4, 0.5) is 0 Å². The Morgan fingerprint density at radius 2 is 2.15 bits per heavy atom. The zero-order valence-electron chi connectivity index (χ0n) is 11.3. The molecule has 3 N–H and O–H groups in total. The molecule has 0 aliphatic rings. The van der Waals surface area contributed by atoms with Gasteiger partial charge in [0.05, 0.1) is 11.0 Å². The van der Waals surface area contributed by atoms with Gasteiger partial charge in [-0.2, -0.15) is 0 Å². The molecule has 5 heteroatoms. The molecule has 2 heterocycles. The van der Waals surface area contributed by atoms with Crippen molar-refractivity contribution in [1.29, 1.82) is 0 Å². The number of rotatable bonds is 3. The van der Waals surface area contributed by atoms with Crippen LogP contribution in [-0.2, 0) is 13.1 Å². The van der Waals surface area contributed by atoms with E-state index in [0.29, 0.717) is 6.54 Å². The van der Waals surface area contributed by atoms with E-state index < -0.39 is 0 Å². The zero-order chi connectivity index (χ0) is 14.1. The second kappa shape index (κ2) is 4.94. The van der Waals surface area contributed by atoms with E-state index in [2.05, 4.69) is 21.5 Å². The van der Waals surface area contributed by atoms with Gasteiger partial charge >= 0.3 is 0 Å². The third-order valence-corrected chi connectivity index (χ3v) is 3.41. The van der Waals surface area contributed by atoms with Gasteiger partial charge in [0.25, 0.3) is 0 Å². The maximum absolute atomic E-state index is 11.2. The summed E-state index contributed by atoms with van der Waals surface area (Å²) in [6, 6.07) is 9.38. The Hall–Kier alpha value is -2.40. The average molecular weight is 268 g/mol. The van der Waals surface area contributed by atoms with E-state index in [1.807, 2.05) is 18.2 Å². The van der Waals surface area contributed by atoms with Crippen LogP contribution in [0.25, 0.3) is 22.4 Å². The first kappa shape index (κ1) is 12.6. The number of nitrogens with two attached hydrogens (primary N) is 1. The molecule has 5 nitrogen and oxygen atoms in total. The van der Waals surface area contributed by atoms with Crippen LogP contribution in [0.3, 0.4) is 0 Å². The lowest BCUT2D eigenvalue weighted by Crippen LogP contribution is -2.04. The monoisotopic (exact) mass is 268 g/mol. The van der Waals surface area contributed by atoms with Gasteiger partial charge in [-0.25, -0.2) is 4.98 Å². The number of aromatic nitrogens is 3. The van der Waals surface area contributed by atoms with Crippen molar-refractivity contribution >= 4 is 11.0 Å². The molecule has 102 valence electrons. The van der Waals surface area contributed by atoms with Gasteiger partial charge in [-0.05, 0) is 30.7 Å². The summed E-state index contributed by atoms with van der Waals surface area (Å²) in [5.41, 5.74) is 9.52. The normalized spacial score (nSPS) is 11.1. The van der Waals surface area contributed by atoms with Crippen LogP contribution in [-0.4, -0.2) is 14.5 Å². The number of aromatic amines is 1. The van der Waals surface area contributed by atoms with Crippen molar-refractivity contribution in [2.75, 3.05) is 0 Å². The lowest BCUT2D eigenvalue weighted by atomic mass is 10.2. The van der Waals surface area contributed by atoms with Crippen molar-refractivity contribution in [3.05, 3.63) is 52.4 Å². The number of H-pyrrole nitrogens is 1. The Kier molecular flexibility index (Phi) is 3.12. The Morgan fingerprint density at radius 3 is 2.80 bits per heavy atom. The van der Waals surface area contributed by atoms with E-state index in [-0.39, 0.29) is 5.56 Å². The number of fused-ring (bicyclic) bond motifs is 1. The Labute approximate surface area is 116 Å². The average Bonchev–Trinajstić information content (AvgIpc) is 2.85. The molecule has 0 spiro atoms. The number of benzene rings is 1. The molecule has 2 aromatic heterocycles. The van der Waals surface area contributed by atoms with Crippen LogP contribution in [0.15, 0.2) is 41.3 Å². The molecule has 0 saturated carbocycles. The summed E-state index contributed by atoms with van der Waals surface area (Å²) in [4.78, 5) is 18.5. The van der Waals surface area contributed by atoms with E-state index in [0.717, 1.165) is 34.5 Å². The summed E-state index contributed by atoms with van der Waals surface area (Å²) in [7, 11) is 0. The summed E-state index contributed by atoms with van der Waals surface area (Å²) in [5, 5.41) is 0. The van der Waals surface area contributed by atoms with Crippen LogP contribution >= 0.6 is 0 Å². The van der Waals surface area contributed by atoms with E-state index in [9.17, 15) is 4.79 Å². The number of pyridine rings is 1. The molecule has 0 radical (unpaired) electrons. The first-order valence-corrected chi connectivity index (χ1v) is 6.61. The van der Waals surface area contributed by atoms with Crippen molar-refractivity contribution in [1.82, 2.24) is 14.5 Å². The highest BCUT2D eigenvalue weighted by molar-refractivity contribution is 5.81. The second-order valence-corrected chi connectivity index (χ2v) is 4.65. The topological polar surface area (TPSA) is 76.7 Å². The van der Waals surface area contributed by atoms with Crippen molar-refractivity contribution in [3.63, 3.8) is 0 Å². The maximum Gasteiger partial charge on any atom is 0.247 e. The Balaban J connectivity index is 2.24. The minimum Gasteiger partial charge on any atom is -0.328 e. The van der Waals surface area contributed by atoms with Crippen molar-refractivity contribution in [2.24, 2.45) is 5.73 Å². The number of imidazole rings is 1. The maximum atomic E-state index is 11.2. The highest BCUT2D eigenvalue weighted by Gasteiger charge is 2.11. The lowest BCUT2D eigenvalue weighted by Gasteiger charge is -2.05. The predicted octanol–water partition coefficient (Wildman–Crippen LogP) is 1.87. The second-order valence-electron chi connectivity index (χ2n) is 4.65. The van der Waals surface area contributed by atoms with Gasteiger partial charge in [0.2, 0.25) is 5.56 Å². The number of hydrogen-bond donors (Lipinski definition) is 2. The van der Waals surface area contributed by atoms with Gasteiger partial charge in [0.15, 0.2) is 0 Å². The summed E-state index contributed by atoms with van der Waals surface area (Å²) in [6.07, 6.45) is 1.69. The highest BCUT2D eigenvalue weighted by atomic mass is 16.1. The molecule has 0 atom stereocenters. The third-order valence-electron chi connectivity index (χ3n) is 3.41. The van der Waals surface area contributed by atoms with Gasteiger partial charge in [0.1, 0.15) is 5.82 Å². The largest absolute Gasteiger partial charge is 0.328 e. The third kappa shape index (κ3) is 2.02. The number of nitrogens with one attached hydrogen (secondary N) is 1. The fourth-order valence-corrected chi connectivity index (χ4v) is 2.39. The van der Waals surface area contributed by atoms with Gasteiger partial charge in [-0.15, -0.1) is 0 Å². The van der Waals surface area contributed by atoms with Crippen molar-refractivity contribution < 1.29 is 0 Å². The molecule has 0 saturated heterocycles. The summed E-state index contributed by atoms with van der Waals surface area (Å²) < 4.78 is 2.13. The van der Waals surface area contributed by atoms with Crippen LogP contribution < -0.4 is 11.3 Å². The van der Waals surface area contributed by atoms with Crippen molar-refractivity contribution in [3.8, 4) is 11.4 Å². The fourth-order valence-electron chi connectivity index (χ4n) is 2.39. The van der Waals surface area contributed by atoms with Crippen LogP contribution in [0.2, 0.25) is 0 Å². The number of nitrogens with zero attached hydrogens (tertiary/aromatic N) is 2. The van der Waals surface area contributed by atoms with Gasteiger partial charge < -0.3 is 15.3 Å². The van der Waals surface area contributed by atoms with Crippen molar-refractivity contribution in [2.45, 2.75) is 20.0 Å². The minimum atomic E-state index is -0.113. The van der Waals surface area contributed by atoms with E-state index in [1.165, 1.54) is 6.07 Å². The van der Waals surface area contributed by atoms with Crippen LogP contribution in [0.1, 0.15) is 12.5 Å². The molecule has 3 aromatic rings.